The van der Waals surface area contributed by atoms with E-state index >= 15 is 0 Å². The molecule has 5 rings (SSSR count). The first-order chi connectivity index (χ1) is 10.3. The number of para-hydroxylation sites is 1. The van der Waals surface area contributed by atoms with E-state index in [0.29, 0.717) is 0 Å². The van der Waals surface area contributed by atoms with Crippen LogP contribution in [0.4, 0.5) is 0 Å². The van der Waals surface area contributed by atoms with Gasteiger partial charge >= 0.3 is 0 Å². The molecule has 0 aliphatic carbocycles. The van der Waals surface area contributed by atoms with Crippen LogP contribution in [0.5, 0.6) is 0 Å². The molecular weight excluding hydrogens is 256 g/mol. The van der Waals surface area contributed by atoms with Gasteiger partial charge in [-0.15, -0.1) is 0 Å². The minimum Gasteiger partial charge on any atom is -0.229 e. The molecule has 3 heterocycles. The molecule has 0 amide bonds. The van der Waals surface area contributed by atoms with Crippen molar-refractivity contribution in [2.45, 2.75) is 13.5 Å². The second kappa shape index (κ2) is 3.73. The van der Waals surface area contributed by atoms with E-state index in [1.807, 2.05) is 0 Å². The molecule has 1 aliphatic heterocycles. The summed E-state index contributed by atoms with van der Waals surface area (Å²) in [6.07, 6.45) is 2.17. The Balaban J connectivity index is 2.13. The summed E-state index contributed by atoms with van der Waals surface area (Å²) in [5.41, 5.74) is 5.47. The summed E-state index contributed by atoms with van der Waals surface area (Å²) >= 11 is 0. The molecule has 0 unspecified atom stereocenters. The zero-order valence-corrected chi connectivity index (χ0v) is 11.9. The van der Waals surface area contributed by atoms with Gasteiger partial charge in [-0.25, -0.2) is 4.57 Å². The molecule has 100 valence electrons. The van der Waals surface area contributed by atoms with Gasteiger partial charge in [0.05, 0.1) is 6.20 Å². The Morgan fingerprint density at radius 3 is 2.71 bits per heavy atom. The predicted molar refractivity (Wildman–Crippen MR) is 84.8 cm³/mol. The van der Waals surface area contributed by atoms with Crippen molar-refractivity contribution < 1.29 is 4.57 Å². The van der Waals surface area contributed by atoms with Crippen LogP contribution in [0.3, 0.4) is 0 Å². The molecule has 2 nitrogen and oxygen atoms in total. The molecule has 2 heteroatoms. The summed E-state index contributed by atoms with van der Waals surface area (Å²) in [6.45, 7) is 3.17. The van der Waals surface area contributed by atoms with Crippen LogP contribution < -0.4 is 4.57 Å². The lowest BCUT2D eigenvalue weighted by Crippen LogP contribution is -2.41. The van der Waals surface area contributed by atoms with Crippen LogP contribution in [-0.4, -0.2) is 4.57 Å². The molecule has 0 fully saturated rings. The molecule has 2 aromatic heterocycles. The maximum Gasteiger partial charge on any atom is 0.287 e. The summed E-state index contributed by atoms with van der Waals surface area (Å²) in [5, 5.41) is 2.70. The lowest BCUT2D eigenvalue weighted by molar-refractivity contribution is -0.683. The third-order valence-corrected chi connectivity index (χ3v) is 4.65. The van der Waals surface area contributed by atoms with Crippen LogP contribution in [0, 0.1) is 6.92 Å². The molecule has 1 aliphatic rings. The number of aromatic nitrogens is 2. The highest BCUT2D eigenvalue weighted by molar-refractivity contribution is 6.10. The van der Waals surface area contributed by atoms with Crippen LogP contribution in [0.15, 0.2) is 60.8 Å². The van der Waals surface area contributed by atoms with Gasteiger partial charge in [0, 0.05) is 22.4 Å². The maximum absolute atomic E-state index is 2.41. The number of benzene rings is 2. The molecule has 0 saturated carbocycles. The first-order valence-electron chi connectivity index (χ1n) is 7.35. The number of nitrogens with zero attached hydrogens (tertiary/aromatic N) is 2. The fourth-order valence-corrected chi connectivity index (χ4v) is 3.64. The minimum absolute atomic E-state index is 0.954. The third kappa shape index (κ3) is 1.30. The summed E-state index contributed by atoms with van der Waals surface area (Å²) in [4.78, 5) is 0. The molecule has 4 aromatic rings. The van der Waals surface area contributed by atoms with E-state index < -0.39 is 0 Å². The van der Waals surface area contributed by atoms with Gasteiger partial charge in [-0.2, -0.15) is 4.57 Å². The Kier molecular flexibility index (Phi) is 1.97. The molecule has 21 heavy (non-hydrogen) atoms. The lowest BCUT2D eigenvalue weighted by atomic mass is 10.0. The molecule has 0 N–H and O–H groups in total. The van der Waals surface area contributed by atoms with Gasteiger partial charge in [0.2, 0.25) is 0 Å². The Labute approximate surface area is 122 Å². The molecule has 0 atom stereocenters. The average Bonchev–Trinajstić information content (AvgIpc) is 2.87. The predicted octanol–water partition coefficient (Wildman–Crippen LogP) is 3.74. The lowest BCUT2D eigenvalue weighted by Gasteiger charge is -2.15. The molecular formula is C19H15N2+. The van der Waals surface area contributed by atoms with Gasteiger partial charge in [0.1, 0.15) is 17.6 Å². The number of pyridine rings is 1. The smallest absolute Gasteiger partial charge is 0.229 e. The highest BCUT2D eigenvalue weighted by atomic mass is 15.2. The van der Waals surface area contributed by atoms with Crippen molar-refractivity contribution in [3.63, 3.8) is 0 Å². The van der Waals surface area contributed by atoms with E-state index in [-0.39, 0.29) is 0 Å². The molecule has 0 bridgehead atoms. The van der Waals surface area contributed by atoms with Crippen LogP contribution in [-0.2, 0) is 6.54 Å². The quantitative estimate of drug-likeness (QED) is 0.379. The van der Waals surface area contributed by atoms with E-state index in [0.717, 1.165) is 6.54 Å². The van der Waals surface area contributed by atoms with Crippen molar-refractivity contribution in [1.29, 1.82) is 0 Å². The third-order valence-electron chi connectivity index (χ3n) is 4.65. The second-order valence-electron chi connectivity index (χ2n) is 5.80. The average molecular weight is 271 g/mol. The number of hydrogen-bond donors (Lipinski definition) is 0. The number of fused-ring (bicyclic) bond motifs is 5. The van der Waals surface area contributed by atoms with Gasteiger partial charge in [-0.05, 0) is 36.8 Å². The van der Waals surface area contributed by atoms with Crippen molar-refractivity contribution in [1.82, 2.24) is 4.57 Å². The van der Waals surface area contributed by atoms with Crippen LogP contribution in [0.25, 0.3) is 27.6 Å². The van der Waals surface area contributed by atoms with Crippen LogP contribution in [0.2, 0.25) is 0 Å². The van der Waals surface area contributed by atoms with Gasteiger partial charge in [0.25, 0.3) is 5.82 Å². The summed E-state index contributed by atoms with van der Waals surface area (Å²) in [7, 11) is 0. The molecule has 0 saturated heterocycles. The van der Waals surface area contributed by atoms with Crippen molar-refractivity contribution in [2.24, 2.45) is 0 Å². The largest absolute Gasteiger partial charge is 0.287 e. The van der Waals surface area contributed by atoms with Crippen LogP contribution >= 0.6 is 0 Å². The second-order valence-corrected chi connectivity index (χ2v) is 5.80. The van der Waals surface area contributed by atoms with E-state index in [4.69, 9.17) is 0 Å². The van der Waals surface area contributed by atoms with Gasteiger partial charge < -0.3 is 0 Å². The Morgan fingerprint density at radius 2 is 1.76 bits per heavy atom. The first-order valence-corrected chi connectivity index (χ1v) is 7.35. The number of rotatable bonds is 0. The maximum atomic E-state index is 2.41. The summed E-state index contributed by atoms with van der Waals surface area (Å²) < 4.78 is 4.75. The standard InChI is InChI=1S/C19H15N2/c1-13-9-10-15-14-6-2-3-7-17(14)21-18-8-4-5-11-20(18)12-16(13)19(15)21/h2-11H,12H2,1H3/q+1. The van der Waals surface area contributed by atoms with E-state index in [2.05, 4.69) is 76.9 Å². The van der Waals surface area contributed by atoms with E-state index in [1.54, 1.807) is 0 Å². The SMILES string of the molecule is Cc1ccc2c3ccccc3n3c2c1C[n+]1ccccc1-3. The van der Waals surface area contributed by atoms with E-state index in [9.17, 15) is 0 Å². The first kappa shape index (κ1) is 11.1. The monoisotopic (exact) mass is 271 g/mol. The Bertz CT molecular complexity index is 1020. The fourth-order valence-electron chi connectivity index (χ4n) is 3.64. The van der Waals surface area contributed by atoms with E-state index in [1.165, 1.54) is 38.8 Å². The fraction of sp³-hybridized carbons (Fsp3) is 0.105. The number of hydrogen-bond acceptors (Lipinski definition) is 0. The van der Waals surface area contributed by atoms with Crippen molar-refractivity contribution in [2.75, 3.05) is 0 Å². The van der Waals surface area contributed by atoms with Crippen molar-refractivity contribution in [3.05, 3.63) is 71.9 Å². The van der Waals surface area contributed by atoms with Gasteiger partial charge in [-0.3, -0.25) is 0 Å². The number of aryl methyl sites for hydroxylation is 1. The summed E-state index contributed by atoms with van der Waals surface area (Å²) in [6, 6.07) is 19.7. The van der Waals surface area contributed by atoms with Crippen LogP contribution in [0.1, 0.15) is 11.1 Å². The topological polar surface area (TPSA) is 8.81 Å². The summed E-state index contributed by atoms with van der Waals surface area (Å²) in [5.74, 6) is 1.25. The van der Waals surface area contributed by atoms with Crippen molar-refractivity contribution in [3.8, 4) is 5.82 Å². The zero-order chi connectivity index (χ0) is 14.0. The van der Waals surface area contributed by atoms with Gasteiger partial charge in [-0.1, -0.05) is 24.3 Å². The highest BCUT2D eigenvalue weighted by Crippen LogP contribution is 2.36. The molecule has 2 aromatic carbocycles. The zero-order valence-electron chi connectivity index (χ0n) is 11.9. The normalized spacial score (nSPS) is 12.8. The molecule has 0 spiro atoms. The minimum atomic E-state index is 0.954. The van der Waals surface area contributed by atoms with Crippen molar-refractivity contribution >= 4 is 21.8 Å². The highest BCUT2D eigenvalue weighted by Gasteiger charge is 2.29. The van der Waals surface area contributed by atoms with Gasteiger partial charge in [0.15, 0.2) is 0 Å². The Hall–Kier alpha value is -2.61. The molecule has 0 radical (unpaired) electrons. The Morgan fingerprint density at radius 1 is 0.905 bits per heavy atom.